The number of hydrogen-bond donors (Lipinski definition) is 1. The van der Waals surface area contributed by atoms with Gasteiger partial charge in [0.05, 0.1) is 0 Å². The molecule has 1 radical (unpaired) electrons. The van der Waals surface area contributed by atoms with Gasteiger partial charge in [0, 0.05) is 0 Å². The van der Waals surface area contributed by atoms with Gasteiger partial charge in [-0.2, -0.15) is 0 Å². The molecule has 1 N–H and O–H groups in total. The zero-order valence-corrected chi connectivity index (χ0v) is 11.3. The first-order valence-corrected chi connectivity index (χ1v) is 6.85. The summed E-state index contributed by atoms with van der Waals surface area (Å²) in [4.78, 5) is 10.2. The molecule has 14 heavy (non-hydrogen) atoms. The minimum absolute atomic E-state index is 0.340. The third-order valence-corrected chi connectivity index (χ3v) is 2.92. The molecule has 0 heterocycles. The first-order chi connectivity index (χ1) is 6.63. The zero-order valence-electron chi connectivity index (χ0n) is 9.00. The summed E-state index contributed by atoms with van der Waals surface area (Å²) in [6.45, 7) is 2.26. The van der Waals surface area contributed by atoms with Crippen LogP contribution in [-0.2, 0) is 4.79 Å². The summed E-state index contributed by atoms with van der Waals surface area (Å²) < 4.78 is 0.831. The topological polar surface area (TPSA) is 37.3 Å². The molecular weight excluding hydrogens is 292 g/mol. The molecule has 0 spiro atoms. The zero-order chi connectivity index (χ0) is 10.8. The van der Waals surface area contributed by atoms with Gasteiger partial charge >= 0.3 is 100 Å². The first-order valence-electron chi connectivity index (χ1n) is 5.50. The summed E-state index contributed by atoms with van der Waals surface area (Å²) in [6.07, 6.45) is 8.71. The molecule has 1 unspecified atom stereocenters. The Kier molecular flexibility index (Phi) is 9.98. The summed E-state index contributed by atoms with van der Waals surface area (Å²) in [5.74, 6) is -0.662. The van der Waals surface area contributed by atoms with Crippen LogP contribution in [0.5, 0.6) is 0 Å². The van der Waals surface area contributed by atoms with Crippen LogP contribution in [0, 0.1) is 0 Å². The van der Waals surface area contributed by atoms with E-state index in [0.717, 1.165) is 16.8 Å². The van der Waals surface area contributed by atoms with Gasteiger partial charge in [-0.3, -0.25) is 0 Å². The maximum atomic E-state index is 10.2. The van der Waals surface area contributed by atoms with E-state index in [-0.39, 0.29) is 0 Å². The van der Waals surface area contributed by atoms with Gasteiger partial charge < -0.3 is 0 Å². The summed E-state index contributed by atoms with van der Waals surface area (Å²) in [6, 6.07) is 0. The van der Waals surface area contributed by atoms with E-state index in [1.165, 1.54) is 32.1 Å². The minimum atomic E-state index is -0.662. The Morgan fingerprint density at radius 3 is 2.14 bits per heavy atom. The molecule has 0 aliphatic rings. The molecule has 0 aromatic heterocycles. The van der Waals surface area contributed by atoms with Crippen LogP contribution in [0.2, 0.25) is 3.97 Å². The van der Waals surface area contributed by atoms with Crippen molar-refractivity contribution in [2.24, 2.45) is 0 Å². The van der Waals surface area contributed by atoms with Crippen molar-refractivity contribution in [2.45, 2.75) is 62.3 Å². The Balaban J connectivity index is 2.96. The molecule has 0 aromatic rings. The fraction of sp³-hybridized carbons (Fsp3) is 0.909. The van der Waals surface area contributed by atoms with E-state index in [1.807, 2.05) is 0 Å². The van der Waals surface area contributed by atoms with Crippen molar-refractivity contribution in [1.82, 2.24) is 0 Å². The number of carboxylic acid groups (broad SMARTS) is 1. The monoisotopic (exact) mass is 315 g/mol. The summed E-state index contributed by atoms with van der Waals surface area (Å²) in [5.41, 5.74) is 0. The van der Waals surface area contributed by atoms with Crippen LogP contribution in [0.1, 0.15) is 58.3 Å². The number of hydrogen-bond acceptors (Lipinski definition) is 1. The molecule has 0 aromatic carbocycles. The van der Waals surface area contributed by atoms with E-state index in [2.05, 4.69) is 29.2 Å². The van der Waals surface area contributed by atoms with Gasteiger partial charge in [0.2, 0.25) is 0 Å². The fourth-order valence-corrected chi connectivity index (χ4v) is 1.89. The van der Waals surface area contributed by atoms with Gasteiger partial charge in [0.1, 0.15) is 0 Å². The Hall–Kier alpha value is 0.260. The van der Waals surface area contributed by atoms with E-state index < -0.39 is 5.97 Å². The van der Waals surface area contributed by atoms with Crippen LogP contribution >= 0.6 is 0 Å². The molecule has 0 bridgehead atoms. The molecule has 0 aliphatic heterocycles. The second-order valence-corrected chi connectivity index (χ2v) is 6.16. The Bertz CT molecular complexity index is 146. The predicted octanol–water partition coefficient (Wildman–Crippen LogP) is 3.17. The van der Waals surface area contributed by atoms with E-state index in [4.69, 9.17) is 5.11 Å². The van der Waals surface area contributed by atoms with Crippen molar-refractivity contribution < 1.29 is 9.90 Å². The summed E-state index contributed by atoms with van der Waals surface area (Å²) in [7, 11) is 0. The molecule has 0 aliphatic carbocycles. The van der Waals surface area contributed by atoms with Crippen LogP contribution < -0.4 is 0 Å². The SMILES string of the molecule is CC([Te])CCCCCCCCC(=O)O. The van der Waals surface area contributed by atoms with Gasteiger partial charge in [0.25, 0.3) is 0 Å². The van der Waals surface area contributed by atoms with Gasteiger partial charge in [-0.25, -0.2) is 0 Å². The van der Waals surface area contributed by atoms with Gasteiger partial charge in [-0.15, -0.1) is 0 Å². The predicted molar refractivity (Wildman–Crippen MR) is 59.7 cm³/mol. The van der Waals surface area contributed by atoms with Crippen LogP contribution in [0.3, 0.4) is 0 Å². The van der Waals surface area contributed by atoms with Gasteiger partial charge in [0.15, 0.2) is 0 Å². The van der Waals surface area contributed by atoms with Gasteiger partial charge in [-0.05, 0) is 0 Å². The van der Waals surface area contributed by atoms with Crippen molar-refractivity contribution in [3.63, 3.8) is 0 Å². The molecule has 0 fully saturated rings. The fourth-order valence-electron chi connectivity index (χ4n) is 1.42. The van der Waals surface area contributed by atoms with Crippen molar-refractivity contribution in [3.8, 4) is 0 Å². The van der Waals surface area contributed by atoms with E-state index in [0.29, 0.717) is 6.42 Å². The normalized spacial score (nSPS) is 12.7. The summed E-state index contributed by atoms with van der Waals surface area (Å²) >= 11 is 2.19. The van der Waals surface area contributed by atoms with E-state index in [1.54, 1.807) is 0 Å². The Labute approximate surface area is 100 Å². The van der Waals surface area contributed by atoms with E-state index in [9.17, 15) is 4.79 Å². The average Bonchev–Trinajstić information content (AvgIpc) is 2.08. The number of aliphatic carboxylic acids is 1. The summed E-state index contributed by atoms with van der Waals surface area (Å²) in [5, 5.41) is 8.42. The molecule has 0 saturated carbocycles. The van der Waals surface area contributed by atoms with Crippen LogP contribution in [0.25, 0.3) is 0 Å². The Morgan fingerprint density at radius 1 is 1.14 bits per heavy atom. The quantitative estimate of drug-likeness (QED) is 0.524. The molecule has 0 saturated heterocycles. The second-order valence-electron chi connectivity index (χ2n) is 3.86. The number of rotatable bonds is 9. The number of carboxylic acids is 1. The maximum absolute atomic E-state index is 10.2. The Morgan fingerprint density at radius 2 is 1.64 bits per heavy atom. The first kappa shape index (κ1) is 14.3. The van der Waals surface area contributed by atoms with E-state index >= 15 is 0 Å². The van der Waals surface area contributed by atoms with Crippen molar-refractivity contribution in [1.29, 1.82) is 0 Å². The van der Waals surface area contributed by atoms with Crippen LogP contribution in [0.4, 0.5) is 0 Å². The number of unbranched alkanes of at least 4 members (excludes halogenated alkanes) is 5. The average molecular weight is 313 g/mol. The molecule has 83 valence electrons. The number of carbonyl (C=O) groups is 1. The van der Waals surface area contributed by atoms with Crippen molar-refractivity contribution >= 4 is 28.3 Å². The van der Waals surface area contributed by atoms with Crippen LogP contribution in [0.15, 0.2) is 0 Å². The third kappa shape index (κ3) is 12.3. The molecule has 0 amide bonds. The molecule has 0 rings (SSSR count). The molecular formula is C11H21O2Te. The van der Waals surface area contributed by atoms with Gasteiger partial charge in [-0.1, -0.05) is 0 Å². The van der Waals surface area contributed by atoms with Crippen molar-refractivity contribution in [3.05, 3.63) is 0 Å². The third-order valence-electron chi connectivity index (χ3n) is 2.25. The van der Waals surface area contributed by atoms with Crippen molar-refractivity contribution in [2.75, 3.05) is 0 Å². The van der Waals surface area contributed by atoms with Crippen LogP contribution in [-0.4, -0.2) is 33.4 Å². The standard InChI is InChI=1S/C11H21O2Te/c1-10(14)8-6-4-2-3-5-7-9-11(12)13/h10H,2-9H2,1H3,(H,12,13). The molecule has 3 heteroatoms. The second kappa shape index (κ2) is 9.80. The molecule has 2 nitrogen and oxygen atoms in total. The molecule has 1 atom stereocenters.